The van der Waals surface area contributed by atoms with E-state index in [-0.39, 0.29) is 24.1 Å². The number of halogens is 1. The summed E-state index contributed by atoms with van der Waals surface area (Å²) in [7, 11) is -3.28. The number of carbonyl (C=O) groups is 1. The van der Waals surface area contributed by atoms with Gasteiger partial charge in [-0.2, -0.15) is 0 Å². The van der Waals surface area contributed by atoms with Crippen LogP contribution in [0.3, 0.4) is 0 Å². The fraction of sp³-hybridized carbons (Fsp3) is 0.533. The Morgan fingerprint density at radius 1 is 1.23 bits per heavy atom. The van der Waals surface area contributed by atoms with Crippen molar-refractivity contribution in [3.05, 3.63) is 30.3 Å². The molecule has 126 valence electrons. The third-order valence-corrected chi connectivity index (χ3v) is 4.87. The Balaban J connectivity index is 0.00000441. The number of hydrogen-bond acceptors (Lipinski definition) is 4. The molecule has 1 atom stereocenters. The number of nitrogens with two attached hydrogens (primary N) is 1. The Morgan fingerprint density at radius 2 is 1.82 bits per heavy atom. The van der Waals surface area contributed by atoms with Gasteiger partial charge in [0.1, 0.15) is 0 Å². The van der Waals surface area contributed by atoms with Crippen LogP contribution in [0, 0.1) is 5.92 Å². The summed E-state index contributed by atoms with van der Waals surface area (Å²) in [5.74, 6) is 0.140. The van der Waals surface area contributed by atoms with E-state index < -0.39 is 15.9 Å². The van der Waals surface area contributed by atoms with Crippen molar-refractivity contribution in [3.63, 3.8) is 0 Å². The van der Waals surface area contributed by atoms with Crippen LogP contribution < -0.4 is 11.1 Å². The van der Waals surface area contributed by atoms with Crippen LogP contribution in [0.15, 0.2) is 35.2 Å². The van der Waals surface area contributed by atoms with Crippen LogP contribution in [-0.4, -0.2) is 32.7 Å². The SMILES string of the molecule is CC(C)C[C@H](N)C(=O)NCCCS(=O)(=O)c1ccccc1.Cl. The van der Waals surface area contributed by atoms with E-state index in [9.17, 15) is 13.2 Å². The van der Waals surface area contributed by atoms with Crippen molar-refractivity contribution in [1.29, 1.82) is 0 Å². The molecule has 0 unspecified atom stereocenters. The summed E-state index contributed by atoms with van der Waals surface area (Å²) in [6.45, 7) is 4.32. The summed E-state index contributed by atoms with van der Waals surface area (Å²) >= 11 is 0. The summed E-state index contributed by atoms with van der Waals surface area (Å²) in [5.41, 5.74) is 5.75. The number of sulfone groups is 1. The van der Waals surface area contributed by atoms with Gasteiger partial charge >= 0.3 is 0 Å². The van der Waals surface area contributed by atoms with Gasteiger partial charge in [0.2, 0.25) is 5.91 Å². The lowest BCUT2D eigenvalue weighted by Gasteiger charge is -2.14. The zero-order valence-corrected chi connectivity index (χ0v) is 14.6. The molecule has 0 aliphatic heterocycles. The van der Waals surface area contributed by atoms with E-state index in [0.29, 0.717) is 30.2 Å². The van der Waals surface area contributed by atoms with Crippen molar-refractivity contribution in [2.24, 2.45) is 11.7 Å². The molecule has 0 aromatic heterocycles. The van der Waals surface area contributed by atoms with Gasteiger partial charge in [-0.25, -0.2) is 8.42 Å². The molecule has 7 heteroatoms. The molecule has 0 aliphatic rings. The highest BCUT2D eigenvalue weighted by atomic mass is 35.5. The van der Waals surface area contributed by atoms with E-state index in [1.54, 1.807) is 30.3 Å². The van der Waals surface area contributed by atoms with Gasteiger partial charge in [0, 0.05) is 6.54 Å². The van der Waals surface area contributed by atoms with Crippen LogP contribution in [0.2, 0.25) is 0 Å². The summed E-state index contributed by atoms with van der Waals surface area (Å²) in [5, 5.41) is 2.68. The molecule has 1 amide bonds. The van der Waals surface area contributed by atoms with E-state index >= 15 is 0 Å². The van der Waals surface area contributed by atoms with Gasteiger partial charge in [0.25, 0.3) is 0 Å². The Bertz CT molecular complexity index is 547. The first-order chi connectivity index (χ1) is 9.83. The number of amides is 1. The van der Waals surface area contributed by atoms with E-state index in [0.717, 1.165) is 0 Å². The maximum atomic E-state index is 12.0. The Morgan fingerprint density at radius 3 is 2.36 bits per heavy atom. The highest BCUT2D eigenvalue weighted by Gasteiger charge is 2.16. The van der Waals surface area contributed by atoms with Crippen LogP contribution in [0.25, 0.3) is 0 Å². The van der Waals surface area contributed by atoms with Crippen molar-refractivity contribution >= 4 is 28.2 Å². The largest absolute Gasteiger partial charge is 0.355 e. The molecule has 22 heavy (non-hydrogen) atoms. The molecular weight excluding hydrogens is 324 g/mol. The molecule has 0 saturated heterocycles. The molecule has 0 saturated carbocycles. The second-order valence-electron chi connectivity index (χ2n) is 5.51. The minimum absolute atomic E-state index is 0. The highest BCUT2D eigenvalue weighted by Crippen LogP contribution is 2.10. The molecule has 0 aliphatic carbocycles. The third-order valence-electron chi connectivity index (χ3n) is 3.05. The molecule has 5 nitrogen and oxygen atoms in total. The predicted molar refractivity (Wildman–Crippen MR) is 90.8 cm³/mol. The van der Waals surface area contributed by atoms with Crippen LogP contribution in [0.1, 0.15) is 26.7 Å². The summed E-state index contributed by atoms with van der Waals surface area (Å²) in [6, 6.07) is 7.78. The van der Waals surface area contributed by atoms with Crippen LogP contribution in [-0.2, 0) is 14.6 Å². The first-order valence-corrected chi connectivity index (χ1v) is 8.79. The monoisotopic (exact) mass is 348 g/mol. The van der Waals surface area contributed by atoms with Gasteiger partial charge in [0.05, 0.1) is 16.7 Å². The molecule has 1 aromatic rings. The lowest BCUT2D eigenvalue weighted by molar-refractivity contribution is -0.122. The second-order valence-corrected chi connectivity index (χ2v) is 7.62. The van der Waals surface area contributed by atoms with Gasteiger partial charge in [0.15, 0.2) is 9.84 Å². The predicted octanol–water partition coefficient (Wildman–Crippen LogP) is 1.76. The maximum Gasteiger partial charge on any atom is 0.236 e. The van der Waals surface area contributed by atoms with Gasteiger partial charge in [-0.05, 0) is 30.9 Å². The van der Waals surface area contributed by atoms with E-state index in [4.69, 9.17) is 5.73 Å². The number of hydrogen-bond donors (Lipinski definition) is 2. The third kappa shape index (κ3) is 7.24. The zero-order chi connectivity index (χ0) is 15.9. The molecule has 0 bridgehead atoms. The fourth-order valence-corrected chi connectivity index (χ4v) is 3.30. The molecule has 1 rings (SSSR count). The topological polar surface area (TPSA) is 89.3 Å². The summed E-state index contributed by atoms with van der Waals surface area (Å²) < 4.78 is 24.0. The van der Waals surface area contributed by atoms with Crippen molar-refractivity contribution in [2.75, 3.05) is 12.3 Å². The molecule has 0 fully saturated rings. The van der Waals surface area contributed by atoms with Gasteiger partial charge in [-0.1, -0.05) is 32.0 Å². The quantitative estimate of drug-likeness (QED) is 0.700. The van der Waals surface area contributed by atoms with Gasteiger partial charge in [-0.3, -0.25) is 4.79 Å². The fourth-order valence-electron chi connectivity index (χ4n) is 1.97. The van der Waals surface area contributed by atoms with Crippen molar-refractivity contribution in [3.8, 4) is 0 Å². The molecule has 0 radical (unpaired) electrons. The maximum absolute atomic E-state index is 12.0. The Kier molecular flexibility index (Phi) is 9.32. The average Bonchev–Trinajstić information content (AvgIpc) is 2.43. The van der Waals surface area contributed by atoms with E-state index in [1.807, 2.05) is 13.8 Å². The van der Waals surface area contributed by atoms with Crippen LogP contribution >= 0.6 is 12.4 Å². The summed E-state index contributed by atoms with van der Waals surface area (Å²) in [6.07, 6.45) is 0.992. The van der Waals surface area contributed by atoms with E-state index in [2.05, 4.69) is 5.32 Å². The van der Waals surface area contributed by atoms with Gasteiger partial charge in [-0.15, -0.1) is 12.4 Å². The lowest BCUT2D eigenvalue weighted by Crippen LogP contribution is -2.41. The van der Waals surface area contributed by atoms with Crippen LogP contribution in [0.4, 0.5) is 0 Å². The number of carbonyl (C=O) groups excluding carboxylic acids is 1. The minimum atomic E-state index is -3.28. The number of rotatable bonds is 8. The molecular formula is C15H25ClN2O3S. The first kappa shape index (κ1) is 20.9. The van der Waals surface area contributed by atoms with Crippen molar-refractivity contribution in [2.45, 2.75) is 37.6 Å². The minimum Gasteiger partial charge on any atom is -0.355 e. The lowest BCUT2D eigenvalue weighted by atomic mass is 10.0. The average molecular weight is 349 g/mol. The number of benzene rings is 1. The highest BCUT2D eigenvalue weighted by molar-refractivity contribution is 7.91. The standard InChI is InChI=1S/C15H24N2O3S.ClH/c1-12(2)11-14(16)15(18)17-9-6-10-21(19,20)13-7-4-3-5-8-13;/h3-5,7-8,12,14H,6,9-11,16H2,1-2H3,(H,17,18);1H/t14-;/m0./s1. The second kappa shape index (κ2) is 9.82. The zero-order valence-electron chi connectivity index (χ0n) is 13.0. The molecule has 0 spiro atoms. The molecule has 1 aromatic carbocycles. The van der Waals surface area contributed by atoms with Crippen LogP contribution in [0.5, 0.6) is 0 Å². The Hall–Kier alpha value is -1.11. The van der Waals surface area contributed by atoms with Crippen molar-refractivity contribution < 1.29 is 13.2 Å². The summed E-state index contributed by atoms with van der Waals surface area (Å²) in [4.78, 5) is 12.0. The normalized spacial score (nSPS) is 12.5. The molecule has 3 N–H and O–H groups in total. The van der Waals surface area contributed by atoms with Crippen molar-refractivity contribution in [1.82, 2.24) is 5.32 Å². The Labute approximate surface area is 139 Å². The van der Waals surface area contributed by atoms with Gasteiger partial charge < -0.3 is 11.1 Å². The number of nitrogens with one attached hydrogen (secondary N) is 1. The first-order valence-electron chi connectivity index (χ1n) is 7.14. The smallest absolute Gasteiger partial charge is 0.236 e. The molecule has 0 heterocycles. The van der Waals surface area contributed by atoms with E-state index in [1.165, 1.54) is 0 Å².